The van der Waals surface area contributed by atoms with Crippen molar-refractivity contribution in [3.63, 3.8) is 0 Å². The van der Waals surface area contributed by atoms with Crippen molar-refractivity contribution in [3.8, 4) is 0 Å². The van der Waals surface area contributed by atoms with Gasteiger partial charge in [-0.3, -0.25) is 9.59 Å². The van der Waals surface area contributed by atoms with Crippen LogP contribution < -0.4 is 10.2 Å². The van der Waals surface area contributed by atoms with Crippen molar-refractivity contribution in [1.82, 2.24) is 0 Å². The van der Waals surface area contributed by atoms with Crippen molar-refractivity contribution in [2.75, 3.05) is 10.2 Å². The smallest absolute Gasteiger partial charge is 0.258 e. The summed E-state index contributed by atoms with van der Waals surface area (Å²) in [5.74, 6) is -0.401. The SMILES string of the molecule is O=C(Nc1ccc(C(=O)N2Cc3ccccc3Cc3ccccc32)cc1)c1ccc(Cl)c(Cl)c1. The Kier molecular flexibility index (Phi) is 6.10. The lowest BCUT2D eigenvalue weighted by atomic mass is 10.0. The van der Waals surface area contributed by atoms with Gasteiger partial charge in [0.25, 0.3) is 11.8 Å². The van der Waals surface area contributed by atoms with Gasteiger partial charge < -0.3 is 10.2 Å². The van der Waals surface area contributed by atoms with E-state index in [1.807, 2.05) is 35.2 Å². The van der Waals surface area contributed by atoms with Crippen molar-refractivity contribution in [2.45, 2.75) is 13.0 Å². The Morgan fingerprint density at radius 2 is 1.35 bits per heavy atom. The molecule has 4 aromatic carbocycles. The maximum Gasteiger partial charge on any atom is 0.258 e. The summed E-state index contributed by atoms with van der Waals surface area (Å²) in [5, 5.41) is 3.53. The van der Waals surface area contributed by atoms with Gasteiger partial charge in [-0.15, -0.1) is 0 Å². The van der Waals surface area contributed by atoms with E-state index in [2.05, 4.69) is 23.5 Å². The molecule has 0 saturated carbocycles. The van der Waals surface area contributed by atoms with Crippen LogP contribution in [0.1, 0.15) is 37.4 Å². The highest BCUT2D eigenvalue weighted by molar-refractivity contribution is 6.42. The van der Waals surface area contributed by atoms with Crippen LogP contribution in [0.4, 0.5) is 11.4 Å². The molecule has 4 nitrogen and oxygen atoms in total. The average Bonchev–Trinajstić information content (AvgIpc) is 3.02. The second kappa shape index (κ2) is 9.34. The monoisotopic (exact) mass is 486 g/mol. The number of halogens is 2. The molecule has 0 fully saturated rings. The summed E-state index contributed by atoms with van der Waals surface area (Å²) in [4.78, 5) is 27.9. The Balaban J connectivity index is 1.38. The van der Waals surface area contributed by atoms with E-state index < -0.39 is 0 Å². The minimum absolute atomic E-state index is 0.0912. The predicted octanol–water partition coefficient (Wildman–Crippen LogP) is 7.00. The largest absolute Gasteiger partial charge is 0.322 e. The van der Waals surface area contributed by atoms with Crippen LogP contribution in [0.3, 0.4) is 0 Å². The first-order chi connectivity index (χ1) is 16.5. The zero-order valence-electron chi connectivity index (χ0n) is 18.1. The number of carbonyl (C=O) groups is 2. The number of carbonyl (C=O) groups excluding carboxylic acids is 2. The molecule has 2 amide bonds. The lowest BCUT2D eigenvalue weighted by Crippen LogP contribution is -2.30. The normalized spacial score (nSPS) is 12.4. The zero-order chi connectivity index (χ0) is 23.7. The standard InChI is InChI=1S/C28H20Cl2N2O2/c29-24-14-11-21(16-25(24)30)27(33)31-23-12-9-18(10-13-23)28(34)32-17-22-7-2-1-5-19(22)15-20-6-3-4-8-26(20)32/h1-14,16H,15,17H2,(H,31,33). The molecule has 0 saturated heterocycles. The summed E-state index contributed by atoms with van der Waals surface area (Å²) in [5.41, 5.74) is 5.92. The highest BCUT2D eigenvalue weighted by Crippen LogP contribution is 2.32. The summed E-state index contributed by atoms with van der Waals surface area (Å²) in [6.45, 7) is 0.502. The van der Waals surface area contributed by atoms with Crippen molar-refractivity contribution in [2.24, 2.45) is 0 Å². The summed E-state index contributed by atoms with van der Waals surface area (Å²) < 4.78 is 0. The molecule has 4 aromatic rings. The molecule has 5 rings (SSSR count). The Morgan fingerprint density at radius 3 is 2.09 bits per heavy atom. The van der Waals surface area contributed by atoms with Gasteiger partial charge in [-0.25, -0.2) is 0 Å². The van der Waals surface area contributed by atoms with Gasteiger partial charge in [0.1, 0.15) is 0 Å². The van der Waals surface area contributed by atoms with E-state index in [0.717, 1.165) is 23.2 Å². The van der Waals surface area contributed by atoms with Gasteiger partial charge in [-0.1, -0.05) is 65.7 Å². The number of hydrogen-bond donors (Lipinski definition) is 1. The molecule has 0 radical (unpaired) electrons. The quantitative estimate of drug-likeness (QED) is 0.338. The second-order valence-corrected chi connectivity index (χ2v) is 8.94. The Hall–Kier alpha value is -3.60. The second-order valence-electron chi connectivity index (χ2n) is 8.13. The molecule has 0 aromatic heterocycles. The van der Waals surface area contributed by atoms with Crippen molar-refractivity contribution < 1.29 is 9.59 Å². The third-order valence-corrected chi connectivity index (χ3v) is 6.67. The number of anilines is 2. The first-order valence-corrected chi connectivity index (χ1v) is 11.6. The minimum Gasteiger partial charge on any atom is -0.322 e. The van der Waals surface area contributed by atoms with E-state index in [9.17, 15) is 9.59 Å². The molecule has 168 valence electrons. The molecule has 6 heteroatoms. The van der Waals surface area contributed by atoms with E-state index in [1.54, 1.807) is 36.4 Å². The molecule has 1 aliphatic heterocycles. The topological polar surface area (TPSA) is 49.4 Å². The number of amides is 2. The number of para-hydroxylation sites is 1. The molecule has 1 N–H and O–H groups in total. The molecule has 0 aliphatic carbocycles. The van der Waals surface area contributed by atoms with Gasteiger partial charge in [-0.2, -0.15) is 0 Å². The minimum atomic E-state index is -0.310. The first kappa shape index (κ1) is 22.2. The molecule has 34 heavy (non-hydrogen) atoms. The van der Waals surface area contributed by atoms with Gasteiger partial charge in [0.05, 0.1) is 16.6 Å². The maximum atomic E-state index is 13.6. The number of nitrogens with zero attached hydrogens (tertiary/aromatic N) is 1. The van der Waals surface area contributed by atoms with Gasteiger partial charge in [0.2, 0.25) is 0 Å². The first-order valence-electron chi connectivity index (χ1n) is 10.8. The third kappa shape index (κ3) is 4.43. The Morgan fingerprint density at radius 1 is 0.706 bits per heavy atom. The fourth-order valence-electron chi connectivity index (χ4n) is 4.14. The van der Waals surface area contributed by atoms with Crippen LogP contribution in [0.15, 0.2) is 91.0 Å². The zero-order valence-corrected chi connectivity index (χ0v) is 19.6. The van der Waals surface area contributed by atoms with Crippen LogP contribution in [-0.2, 0) is 13.0 Å². The molecule has 0 atom stereocenters. The van der Waals surface area contributed by atoms with E-state index in [-0.39, 0.29) is 11.8 Å². The fourth-order valence-corrected chi connectivity index (χ4v) is 4.44. The maximum absolute atomic E-state index is 13.6. The van der Waals surface area contributed by atoms with Crippen LogP contribution in [0.5, 0.6) is 0 Å². The Labute approximate surface area is 207 Å². The van der Waals surface area contributed by atoms with E-state index >= 15 is 0 Å². The van der Waals surface area contributed by atoms with Crippen molar-refractivity contribution >= 4 is 46.4 Å². The molecular formula is C28H20Cl2N2O2. The highest BCUT2D eigenvalue weighted by Gasteiger charge is 2.24. The van der Waals surface area contributed by atoms with Crippen molar-refractivity contribution in [1.29, 1.82) is 0 Å². The van der Waals surface area contributed by atoms with E-state index in [0.29, 0.717) is 33.4 Å². The molecule has 0 bridgehead atoms. The van der Waals surface area contributed by atoms with Crippen LogP contribution in [0, 0.1) is 0 Å². The van der Waals surface area contributed by atoms with Gasteiger partial charge in [0, 0.05) is 22.5 Å². The number of fused-ring (bicyclic) bond motifs is 2. The Bertz CT molecular complexity index is 1400. The molecule has 1 heterocycles. The lowest BCUT2D eigenvalue weighted by molar-refractivity contribution is 0.0984. The molecule has 0 spiro atoms. The van der Waals surface area contributed by atoms with Crippen molar-refractivity contribution in [3.05, 3.63) is 129 Å². The van der Waals surface area contributed by atoms with Gasteiger partial charge >= 0.3 is 0 Å². The molecular weight excluding hydrogens is 467 g/mol. The fraction of sp³-hybridized carbons (Fsp3) is 0.0714. The average molecular weight is 487 g/mol. The lowest BCUT2D eigenvalue weighted by Gasteiger charge is -2.23. The van der Waals surface area contributed by atoms with Crippen LogP contribution >= 0.6 is 23.2 Å². The number of hydrogen-bond acceptors (Lipinski definition) is 2. The van der Waals surface area contributed by atoms with Gasteiger partial charge in [-0.05, 0) is 71.6 Å². The van der Waals surface area contributed by atoms with Gasteiger partial charge in [0.15, 0.2) is 0 Å². The number of nitrogens with one attached hydrogen (secondary N) is 1. The summed E-state index contributed by atoms with van der Waals surface area (Å²) in [7, 11) is 0. The third-order valence-electron chi connectivity index (χ3n) is 5.93. The predicted molar refractivity (Wildman–Crippen MR) is 137 cm³/mol. The van der Waals surface area contributed by atoms with Crippen LogP contribution in [0.25, 0.3) is 0 Å². The summed E-state index contributed by atoms with van der Waals surface area (Å²) in [6.07, 6.45) is 0.788. The van der Waals surface area contributed by atoms with E-state index in [4.69, 9.17) is 23.2 Å². The summed E-state index contributed by atoms with van der Waals surface area (Å²) in [6, 6.07) is 27.8. The van der Waals surface area contributed by atoms with E-state index in [1.165, 1.54) is 11.6 Å². The van der Waals surface area contributed by atoms with Crippen LogP contribution in [0.2, 0.25) is 10.0 Å². The highest BCUT2D eigenvalue weighted by atomic mass is 35.5. The number of benzene rings is 4. The molecule has 1 aliphatic rings. The van der Waals surface area contributed by atoms with Crippen LogP contribution in [-0.4, -0.2) is 11.8 Å². The molecule has 0 unspecified atom stereocenters. The number of rotatable bonds is 3. The summed E-state index contributed by atoms with van der Waals surface area (Å²) >= 11 is 11.9.